The van der Waals surface area contributed by atoms with Crippen molar-refractivity contribution in [2.75, 3.05) is 0 Å². The molecule has 0 aromatic heterocycles. The number of nitrogens with zero attached hydrogens (tertiary/aromatic N) is 1. The van der Waals surface area contributed by atoms with Gasteiger partial charge >= 0.3 is 10.2 Å². The van der Waals surface area contributed by atoms with Crippen LogP contribution in [0, 0.1) is 0 Å². The second kappa shape index (κ2) is 4.23. The zero-order chi connectivity index (χ0) is 14.3. The van der Waals surface area contributed by atoms with Gasteiger partial charge in [0.15, 0.2) is 5.96 Å². The molecular weight excluding hydrogens is 317 g/mol. The van der Waals surface area contributed by atoms with E-state index in [2.05, 4.69) is 4.99 Å². The first kappa shape index (κ1) is 17.4. The number of guanidine groups is 1. The molecule has 19 heavy (non-hydrogen) atoms. The van der Waals surface area contributed by atoms with Crippen molar-refractivity contribution in [3.63, 3.8) is 0 Å². The van der Waals surface area contributed by atoms with Gasteiger partial charge in [-0.05, 0) is 24.3 Å². The summed E-state index contributed by atoms with van der Waals surface area (Å²) in [6, 6.07) is 1.36. The molecule has 0 aliphatic carbocycles. The lowest BCUT2D eigenvalue weighted by atomic mass is 10.2. The van der Waals surface area contributed by atoms with Crippen molar-refractivity contribution in [1.82, 2.24) is 0 Å². The van der Waals surface area contributed by atoms with Gasteiger partial charge in [-0.15, -0.1) is 12.4 Å². The second-order valence-corrected chi connectivity index (χ2v) is 5.74. The van der Waals surface area contributed by atoms with Crippen LogP contribution in [0.5, 0.6) is 0 Å². The Morgan fingerprint density at radius 3 is 1.74 bits per heavy atom. The van der Waals surface area contributed by atoms with Gasteiger partial charge in [0.25, 0.3) is 5.91 Å². The molecule has 0 unspecified atom stereocenters. The maximum Gasteiger partial charge on any atom is 0.310 e. The predicted molar refractivity (Wildman–Crippen MR) is 65.2 cm³/mol. The molecular formula is C8H9ClF5N3OS. The van der Waals surface area contributed by atoms with E-state index in [1.54, 1.807) is 0 Å². The number of aliphatic imine (C=N–C) groups is 1. The lowest BCUT2D eigenvalue weighted by Crippen LogP contribution is -2.24. The van der Waals surface area contributed by atoms with Crippen molar-refractivity contribution >= 4 is 34.5 Å². The van der Waals surface area contributed by atoms with E-state index in [0.717, 1.165) is 0 Å². The lowest BCUT2D eigenvalue weighted by Gasteiger charge is -2.40. The summed E-state index contributed by atoms with van der Waals surface area (Å²) in [5.41, 5.74) is 9.43. The van der Waals surface area contributed by atoms with Gasteiger partial charge in [-0.2, -0.15) is 4.99 Å². The van der Waals surface area contributed by atoms with Crippen LogP contribution in [0.4, 0.5) is 19.4 Å². The van der Waals surface area contributed by atoms with E-state index in [0.29, 0.717) is 12.1 Å². The minimum atomic E-state index is -9.72. The van der Waals surface area contributed by atoms with Crippen LogP contribution in [-0.2, 0) is 0 Å². The normalized spacial score (nSPS) is 14.6. The van der Waals surface area contributed by atoms with Gasteiger partial charge in [-0.1, -0.05) is 19.4 Å². The Hall–Kier alpha value is -1.55. The molecule has 4 N–H and O–H groups in total. The van der Waals surface area contributed by atoms with E-state index in [4.69, 9.17) is 11.5 Å². The number of rotatable bonds is 2. The van der Waals surface area contributed by atoms with Gasteiger partial charge in [-0.3, -0.25) is 4.79 Å². The Morgan fingerprint density at radius 2 is 1.42 bits per heavy atom. The third-order valence-corrected chi connectivity index (χ3v) is 2.94. The molecule has 0 aliphatic heterocycles. The quantitative estimate of drug-likeness (QED) is 0.498. The molecule has 0 spiro atoms. The number of hydrogen-bond donors (Lipinski definition) is 2. The molecule has 0 heterocycles. The minimum Gasteiger partial charge on any atom is -0.370 e. The maximum absolute atomic E-state index is 12.3. The van der Waals surface area contributed by atoms with Crippen LogP contribution < -0.4 is 11.5 Å². The highest BCUT2D eigenvalue weighted by Crippen LogP contribution is 3.02. The predicted octanol–water partition coefficient (Wildman–Crippen LogP) is 3.18. The van der Waals surface area contributed by atoms with Crippen molar-refractivity contribution in [2.45, 2.75) is 4.90 Å². The summed E-state index contributed by atoms with van der Waals surface area (Å²) in [5, 5.41) is 0. The van der Waals surface area contributed by atoms with Crippen LogP contribution in [0.1, 0.15) is 10.4 Å². The molecule has 4 nitrogen and oxygen atoms in total. The lowest BCUT2D eigenvalue weighted by molar-refractivity contribution is 0.100. The first-order valence-corrected chi connectivity index (χ1v) is 6.23. The number of amides is 1. The zero-order valence-electron chi connectivity index (χ0n) is 9.03. The van der Waals surface area contributed by atoms with E-state index in [1.807, 2.05) is 0 Å². The number of carbonyl (C=O) groups is 1. The van der Waals surface area contributed by atoms with E-state index >= 15 is 0 Å². The fraction of sp³-hybridized carbons (Fsp3) is 0. The van der Waals surface area contributed by atoms with Crippen LogP contribution in [0.25, 0.3) is 0 Å². The molecule has 1 aromatic carbocycles. The van der Waals surface area contributed by atoms with Gasteiger partial charge in [0.1, 0.15) is 4.90 Å². The molecule has 110 valence electrons. The van der Waals surface area contributed by atoms with Crippen LogP contribution in [0.3, 0.4) is 0 Å². The van der Waals surface area contributed by atoms with Gasteiger partial charge in [0.2, 0.25) is 0 Å². The smallest absolute Gasteiger partial charge is 0.310 e. The highest BCUT2D eigenvalue weighted by atomic mass is 35.5. The molecule has 0 bridgehead atoms. The topological polar surface area (TPSA) is 81.5 Å². The average molecular weight is 326 g/mol. The minimum absolute atomic E-state index is 0. The fourth-order valence-electron chi connectivity index (χ4n) is 1.04. The third-order valence-electron chi connectivity index (χ3n) is 1.78. The van der Waals surface area contributed by atoms with Crippen molar-refractivity contribution in [2.24, 2.45) is 16.5 Å². The monoisotopic (exact) mass is 325 g/mol. The number of carbonyl (C=O) groups excluding carboxylic acids is 1. The Bertz CT molecular complexity index is 523. The van der Waals surface area contributed by atoms with E-state index in [1.165, 1.54) is 0 Å². The Kier molecular flexibility index (Phi) is 3.89. The Labute approximate surface area is 110 Å². The highest BCUT2D eigenvalue weighted by molar-refractivity contribution is 8.45. The number of hydrogen-bond acceptors (Lipinski definition) is 1. The number of halogens is 6. The molecule has 11 heteroatoms. The fourth-order valence-corrected chi connectivity index (χ4v) is 1.69. The molecule has 1 rings (SSSR count). The standard InChI is InChI=1S/C8H8F5N3OS.ClH/c9-18(10,11,12,13)6-3-1-5(2-4-6)7(17)16-8(14)15;/h1-4H,(H4,14,15,16,17);1H. The molecule has 1 aromatic rings. The average Bonchev–Trinajstić information content (AvgIpc) is 2.13. The summed E-state index contributed by atoms with van der Waals surface area (Å²) in [5.74, 6) is -1.61. The van der Waals surface area contributed by atoms with Crippen LogP contribution in [0.15, 0.2) is 34.2 Å². The molecule has 0 fully saturated rings. The van der Waals surface area contributed by atoms with Crippen molar-refractivity contribution < 1.29 is 24.2 Å². The molecule has 0 saturated carbocycles. The Morgan fingerprint density at radius 1 is 1.00 bits per heavy atom. The van der Waals surface area contributed by atoms with Gasteiger partial charge in [-0.25, -0.2) is 0 Å². The summed E-state index contributed by atoms with van der Waals surface area (Å²) in [4.78, 5) is 12.1. The van der Waals surface area contributed by atoms with E-state index in [9.17, 15) is 24.2 Å². The first-order chi connectivity index (χ1) is 7.79. The molecule has 0 aliphatic rings. The summed E-state index contributed by atoms with van der Waals surface area (Å²) in [7, 11) is -9.72. The summed E-state index contributed by atoms with van der Waals surface area (Å²) < 4.78 is 61.7. The van der Waals surface area contributed by atoms with Crippen molar-refractivity contribution in [1.29, 1.82) is 0 Å². The van der Waals surface area contributed by atoms with Crippen LogP contribution >= 0.6 is 22.6 Å². The van der Waals surface area contributed by atoms with Gasteiger partial charge < -0.3 is 11.5 Å². The molecule has 1 amide bonds. The molecule has 0 radical (unpaired) electrons. The van der Waals surface area contributed by atoms with Crippen LogP contribution in [0.2, 0.25) is 0 Å². The maximum atomic E-state index is 12.3. The van der Waals surface area contributed by atoms with Crippen LogP contribution in [-0.4, -0.2) is 11.9 Å². The van der Waals surface area contributed by atoms with Gasteiger partial charge in [0, 0.05) is 5.56 Å². The highest BCUT2D eigenvalue weighted by Gasteiger charge is 2.65. The van der Waals surface area contributed by atoms with Gasteiger partial charge in [0.05, 0.1) is 0 Å². The first-order valence-electron chi connectivity index (χ1n) is 4.28. The number of benzene rings is 1. The number of nitrogens with two attached hydrogens (primary N) is 2. The summed E-state index contributed by atoms with van der Waals surface area (Å²) in [6.45, 7) is 0. The Balaban J connectivity index is 0.00000324. The summed E-state index contributed by atoms with van der Waals surface area (Å²) in [6.07, 6.45) is 0. The SMILES string of the molecule is Cl.NC(N)=NC(=O)c1ccc(S(F)(F)(F)(F)F)cc1. The molecule has 0 saturated heterocycles. The van der Waals surface area contributed by atoms with Crippen molar-refractivity contribution in [3.05, 3.63) is 29.8 Å². The summed E-state index contributed by atoms with van der Waals surface area (Å²) >= 11 is 0. The molecule has 0 atom stereocenters. The van der Waals surface area contributed by atoms with E-state index < -0.39 is 27.0 Å². The second-order valence-electron chi connectivity index (χ2n) is 3.34. The zero-order valence-corrected chi connectivity index (χ0v) is 10.7. The largest absolute Gasteiger partial charge is 0.370 e. The third kappa shape index (κ3) is 4.91. The van der Waals surface area contributed by atoms with E-state index in [-0.39, 0.29) is 30.1 Å². The van der Waals surface area contributed by atoms with Crippen molar-refractivity contribution in [3.8, 4) is 0 Å².